The highest BCUT2D eigenvalue weighted by molar-refractivity contribution is 7.10. The molecule has 1 N–H and O–H groups in total. The van der Waals surface area contributed by atoms with E-state index < -0.39 is 17.7 Å². The minimum Gasteiger partial charge on any atom is -0.507 e. The van der Waals surface area contributed by atoms with Crippen molar-refractivity contribution >= 4 is 57.7 Å². The van der Waals surface area contributed by atoms with Crippen molar-refractivity contribution in [2.45, 2.75) is 13.0 Å². The van der Waals surface area contributed by atoms with Gasteiger partial charge in [0, 0.05) is 16.1 Å². The lowest BCUT2D eigenvalue weighted by molar-refractivity contribution is -0.132. The third-order valence-corrected chi connectivity index (χ3v) is 7.10. The number of anilines is 1. The summed E-state index contributed by atoms with van der Waals surface area (Å²) >= 11 is 13.9. The number of rotatable bonds is 5. The number of thiophene rings is 1. The zero-order valence-electron chi connectivity index (χ0n) is 17.9. The molecule has 0 aliphatic carbocycles. The van der Waals surface area contributed by atoms with Crippen LogP contribution in [0.5, 0.6) is 11.5 Å². The van der Waals surface area contributed by atoms with Gasteiger partial charge in [0.15, 0.2) is 0 Å². The van der Waals surface area contributed by atoms with Gasteiger partial charge in [-0.15, -0.1) is 11.3 Å². The molecule has 1 aliphatic heterocycles. The predicted octanol–water partition coefficient (Wildman–Crippen LogP) is 6.01. The number of carbonyl (C=O) groups is 2. The topological polar surface area (TPSA) is 76.1 Å². The molecule has 0 radical (unpaired) electrons. The Bertz CT molecular complexity index is 1300. The fourth-order valence-electron chi connectivity index (χ4n) is 3.79. The van der Waals surface area contributed by atoms with Crippen LogP contribution in [-0.2, 0) is 9.59 Å². The number of carbonyl (C=O) groups excluding carboxylic acids is 2. The highest BCUT2D eigenvalue weighted by atomic mass is 35.5. The first-order valence-electron chi connectivity index (χ1n) is 9.81. The smallest absolute Gasteiger partial charge is 0.300 e. The summed E-state index contributed by atoms with van der Waals surface area (Å²) in [5, 5.41) is 13.6. The second-order valence-electron chi connectivity index (χ2n) is 7.31. The van der Waals surface area contributed by atoms with Gasteiger partial charge in [-0.1, -0.05) is 23.2 Å². The lowest BCUT2D eigenvalue weighted by Crippen LogP contribution is -2.29. The summed E-state index contributed by atoms with van der Waals surface area (Å²) in [5.41, 5.74) is 1.56. The van der Waals surface area contributed by atoms with Crippen LogP contribution in [0.15, 0.2) is 53.4 Å². The average Bonchev–Trinajstić information content (AvgIpc) is 3.33. The molecule has 2 aromatic carbocycles. The van der Waals surface area contributed by atoms with E-state index in [0.29, 0.717) is 27.8 Å². The van der Waals surface area contributed by atoms with E-state index in [2.05, 4.69) is 0 Å². The van der Waals surface area contributed by atoms with Gasteiger partial charge in [-0.3, -0.25) is 14.5 Å². The molecule has 1 saturated heterocycles. The number of ether oxygens (including phenoxy) is 2. The Kier molecular flexibility index (Phi) is 6.38. The molecular formula is C24H19Cl2NO5S. The number of ketones is 1. The van der Waals surface area contributed by atoms with E-state index in [-0.39, 0.29) is 16.4 Å². The van der Waals surface area contributed by atoms with E-state index in [1.165, 1.54) is 36.5 Å². The third-order valence-electron chi connectivity index (χ3n) is 5.43. The van der Waals surface area contributed by atoms with E-state index >= 15 is 0 Å². The summed E-state index contributed by atoms with van der Waals surface area (Å²) in [6.07, 6.45) is 0. The Balaban J connectivity index is 1.93. The number of hydrogen-bond donors (Lipinski definition) is 1. The quantitative estimate of drug-likeness (QED) is 0.262. The lowest BCUT2D eigenvalue weighted by atomic mass is 9.98. The molecule has 3 aromatic rings. The summed E-state index contributed by atoms with van der Waals surface area (Å²) in [6.45, 7) is 1.89. The van der Waals surface area contributed by atoms with Crippen LogP contribution in [0.2, 0.25) is 10.0 Å². The molecule has 4 rings (SSSR count). The monoisotopic (exact) mass is 503 g/mol. The maximum Gasteiger partial charge on any atom is 0.300 e. The van der Waals surface area contributed by atoms with Gasteiger partial charge in [-0.05, 0) is 60.3 Å². The van der Waals surface area contributed by atoms with Gasteiger partial charge in [-0.25, -0.2) is 0 Å². The van der Waals surface area contributed by atoms with E-state index in [1.54, 1.807) is 30.3 Å². The number of nitrogens with zero attached hydrogens (tertiary/aromatic N) is 1. The number of halogens is 2. The standard InChI is InChI=1S/C24H19Cl2NO5S/c1-12-8-9-33-23(12)20-19(21(28)13-4-6-17(31-2)15(25)10-13)22(29)24(30)27(20)14-5-7-18(32-3)16(26)11-14/h4-11,20,28H,1-3H3/b21-19-. The highest BCUT2D eigenvalue weighted by Gasteiger charge is 2.48. The molecule has 1 amide bonds. The Morgan fingerprint density at radius 3 is 2.18 bits per heavy atom. The second kappa shape index (κ2) is 9.09. The highest BCUT2D eigenvalue weighted by Crippen LogP contribution is 2.46. The van der Waals surface area contributed by atoms with E-state index in [1.807, 2.05) is 18.4 Å². The van der Waals surface area contributed by atoms with Crippen LogP contribution < -0.4 is 14.4 Å². The van der Waals surface area contributed by atoms with Gasteiger partial charge < -0.3 is 14.6 Å². The lowest BCUT2D eigenvalue weighted by Gasteiger charge is -2.25. The average molecular weight is 504 g/mol. The van der Waals surface area contributed by atoms with E-state index in [4.69, 9.17) is 32.7 Å². The minimum absolute atomic E-state index is 0.0290. The van der Waals surface area contributed by atoms with Gasteiger partial charge in [0.2, 0.25) is 0 Å². The molecule has 1 aliphatic rings. The first kappa shape index (κ1) is 23.2. The van der Waals surface area contributed by atoms with Crippen LogP contribution in [0, 0.1) is 6.92 Å². The normalized spacial score (nSPS) is 17.5. The fraction of sp³-hybridized carbons (Fsp3) is 0.167. The molecule has 1 unspecified atom stereocenters. The van der Waals surface area contributed by atoms with Crippen LogP contribution in [0.4, 0.5) is 5.69 Å². The van der Waals surface area contributed by atoms with Crippen molar-refractivity contribution in [1.82, 2.24) is 0 Å². The second-order valence-corrected chi connectivity index (χ2v) is 9.07. The van der Waals surface area contributed by atoms with Crippen molar-refractivity contribution < 1.29 is 24.2 Å². The maximum absolute atomic E-state index is 13.2. The predicted molar refractivity (Wildman–Crippen MR) is 130 cm³/mol. The molecule has 9 heteroatoms. The van der Waals surface area contributed by atoms with Crippen molar-refractivity contribution in [3.63, 3.8) is 0 Å². The van der Waals surface area contributed by atoms with Crippen molar-refractivity contribution in [3.05, 3.63) is 79.5 Å². The van der Waals surface area contributed by atoms with Gasteiger partial charge in [0.25, 0.3) is 11.7 Å². The van der Waals surface area contributed by atoms with Crippen LogP contribution in [-0.4, -0.2) is 31.0 Å². The SMILES string of the molecule is COc1ccc(/C(O)=C2/C(=O)C(=O)N(c3ccc(OC)c(Cl)c3)C2c2sccc2C)cc1Cl. The zero-order valence-corrected chi connectivity index (χ0v) is 20.2. The molecule has 0 saturated carbocycles. The number of aliphatic hydroxyl groups excluding tert-OH is 1. The number of Topliss-reactive ketones (excluding diaryl/α,β-unsaturated/α-hetero) is 1. The molecule has 0 bridgehead atoms. The molecule has 170 valence electrons. The van der Waals surface area contributed by atoms with Crippen molar-refractivity contribution in [2.24, 2.45) is 0 Å². The fourth-order valence-corrected chi connectivity index (χ4v) is 5.32. The Labute approximate surface area is 204 Å². The molecule has 1 fully saturated rings. The van der Waals surface area contributed by atoms with Crippen molar-refractivity contribution in [2.75, 3.05) is 19.1 Å². The first-order valence-corrected chi connectivity index (χ1v) is 11.4. The summed E-state index contributed by atoms with van der Waals surface area (Å²) in [6, 6.07) is 10.5. The van der Waals surface area contributed by atoms with Gasteiger partial charge >= 0.3 is 0 Å². The van der Waals surface area contributed by atoms with Crippen LogP contribution in [0.25, 0.3) is 5.76 Å². The van der Waals surface area contributed by atoms with Gasteiger partial charge in [-0.2, -0.15) is 0 Å². The molecule has 1 aromatic heterocycles. The molecule has 1 atom stereocenters. The van der Waals surface area contributed by atoms with E-state index in [9.17, 15) is 14.7 Å². The van der Waals surface area contributed by atoms with Crippen molar-refractivity contribution in [1.29, 1.82) is 0 Å². The largest absolute Gasteiger partial charge is 0.507 e. The molecule has 6 nitrogen and oxygen atoms in total. The summed E-state index contributed by atoms with van der Waals surface area (Å²) in [7, 11) is 2.97. The Morgan fingerprint density at radius 1 is 1.00 bits per heavy atom. The molecular weight excluding hydrogens is 485 g/mol. The summed E-state index contributed by atoms with van der Waals surface area (Å²) < 4.78 is 10.4. The minimum atomic E-state index is -0.838. The number of benzene rings is 2. The molecule has 33 heavy (non-hydrogen) atoms. The van der Waals surface area contributed by atoms with Gasteiger partial charge in [0.05, 0.1) is 29.8 Å². The van der Waals surface area contributed by atoms with Crippen LogP contribution in [0.3, 0.4) is 0 Å². The molecule has 2 heterocycles. The summed E-state index contributed by atoms with van der Waals surface area (Å²) in [4.78, 5) is 28.5. The Morgan fingerprint density at radius 2 is 1.64 bits per heavy atom. The number of methoxy groups -OCH3 is 2. The number of hydrogen-bond acceptors (Lipinski definition) is 6. The number of aliphatic hydroxyl groups is 1. The van der Waals surface area contributed by atoms with Crippen LogP contribution >= 0.6 is 34.5 Å². The van der Waals surface area contributed by atoms with E-state index in [0.717, 1.165) is 10.4 Å². The van der Waals surface area contributed by atoms with Crippen LogP contribution in [0.1, 0.15) is 22.0 Å². The number of aryl methyl sites for hydroxylation is 1. The van der Waals surface area contributed by atoms with Crippen molar-refractivity contribution in [3.8, 4) is 11.5 Å². The summed E-state index contributed by atoms with van der Waals surface area (Å²) in [5.74, 6) is -1.03. The molecule has 0 spiro atoms. The number of amides is 1. The maximum atomic E-state index is 13.2. The van der Waals surface area contributed by atoms with Gasteiger partial charge in [0.1, 0.15) is 23.3 Å². The zero-order chi connectivity index (χ0) is 23.9. The Hall–Kier alpha value is -3.00. The first-order chi connectivity index (χ1) is 15.8. The third kappa shape index (κ3) is 3.97.